The van der Waals surface area contributed by atoms with E-state index in [1.165, 1.54) is 0 Å². The lowest BCUT2D eigenvalue weighted by Gasteiger charge is -2.26. The fourth-order valence-corrected chi connectivity index (χ4v) is 5.59. The number of rotatable bonds is 9. The van der Waals surface area contributed by atoms with E-state index in [4.69, 9.17) is 12.2 Å². The van der Waals surface area contributed by atoms with Gasteiger partial charge in [0.15, 0.2) is 5.11 Å². The molecule has 1 fully saturated rings. The fraction of sp³-hybridized carbons (Fsp3) is 0.333. The van der Waals surface area contributed by atoms with Gasteiger partial charge < -0.3 is 14.8 Å². The SMILES string of the molecule is CCNC(=S)N(Cc1cnc(S(=O)(=O)Cc2ccccc2)n1Cc1ccccc1)C1CC1. The van der Waals surface area contributed by atoms with E-state index in [0.29, 0.717) is 24.2 Å². The molecule has 1 saturated carbocycles. The fourth-order valence-electron chi connectivity index (χ4n) is 3.74. The van der Waals surface area contributed by atoms with Crippen molar-refractivity contribution in [1.29, 1.82) is 0 Å². The second-order valence-corrected chi connectivity index (χ2v) is 10.3. The standard InChI is InChI=1S/C24H28N4O2S2/c1-2-25-23(31)27(21-13-14-21)17-22-15-26-24(28(22)16-19-9-5-3-6-10-19)32(29,30)18-20-11-7-4-8-12-20/h3-12,15,21H,2,13-14,16-18H2,1H3,(H,25,31). The van der Waals surface area contributed by atoms with Crippen molar-refractivity contribution in [2.75, 3.05) is 6.54 Å². The summed E-state index contributed by atoms with van der Waals surface area (Å²) in [5, 5.41) is 4.04. The van der Waals surface area contributed by atoms with Gasteiger partial charge in [0.05, 0.1) is 30.7 Å². The molecule has 3 aromatic rings. The third kappa shape index (κ3) is 5.37. The zero-order valence-electron chi connectivity index (χ0n) is 18.1. The minimum atomic E-state index is -3.63. The van der Waals surface area contributed by atoms with Gasteiger partial charge in [0.25, 0.3) is 0 Å². The molecule has 32 heavy (non-hydrogen) atoms. The van der Waals surface area contributed by atoms with E-state index in [2.05, 4.69) is 15.2 Å². The normalized spacial score (nSPS) is 13.7. The van der Waals surface area contributed by atoms with Crippen LogP contribution in [0.2, 0.25) is 0 Å². The summed E-state index contributed by atoms with van der Waals surface area (Å²) in [5.74, 6) is -0.0821. The van der Waals surface area contributed by atoms with Gasteiger partial charge in [0.1, 0.15) is 0 Å². The molecule has 168 valence electrons. The van der Waals surface area contributed by atoms with E-state index >= 15 is 0 Å². The molecule has 8 heteroatoms. The lowest BCUT2D eigenvalue weighted by atomic mass is 10.2. The number of imidazole rings is 1. The number of aromatic nitrogens is 2. The number of sulfone groups is 1. The highest BCUT2D eigenvalue weighted by Crippen LogP contribution is 2.29. The molecule has 2 aromatic carbocycles. The number of hydrogen-bond donors (Lipinski definition) is 1. The van der Waals surface area contributed by atoms with Crippen LogP contribution in [-0.4, -0.2) is 40.6 Å². The predicted octanol–water partition coefficient (Wildman–Crippen LogP) is 3.76. The molecule has 0 saturated heterocycles. The van der Waals surface area contributed by atoms with Crippen LogP contribution in [0.25, 0.3) is 0 Å². The zero-order chi connectivity index (χ0) is 22.6. The molecule has 1 N–H and O–H groups in total. The molecular formula is C24H28N4O2S2. The second kappa shape index (κ2) is 9.83. The molecule has 1 heterocycles. The van der Waals surface area contributed by atoms with Gasteiger partial charge in [-0.1, -0.05) is 60.7 Å². The molecule has 0 spiro atoms. The minimum Gasteiger partial charge on any atom is -0.363 e. The van der Waals surface area contributed by atoms with Crippen LogP contribution in [0, 0.1) is 0 Å². The van der Waals surface area contributed by atoms with E-state index < -0.39 is 9.84 Å². The average Bonchev–Trinajstić information content (AvgIpc) is 3.54. The van der Waals surface area contributed by atoms with Gasteiger partial charge >= 0.3 is 0 Å². The molecule has 1 aliphatic rings. The van der Waals surface area contributed by atoms with Crippen LogP contribution in [0.5, 0.6) is 0 Å². The monoisotopic (exact) mass is 468 g/mol. The van der Waals surface area contributed by atoms with Crippen molar-refractivity contribution in [3.05, 3.63) is 83.7 Å². The molecule has 0 radical (unpaired) electrons. The smallest absolute Gasteiger partial charge is 0.228 e. The molecular weight excluding hydrogens is 440 g/mol. The Balaban J connectivity index is 1.69. The number of nitrogens with one attached hydrogen (secondary N) is 1. The number of hydrogen-bond acceptors (Lipinski definition) is 4. The van der Waals surface area contributed by atoms with Crippen LogP contribution in [0.3, 0.4) is 0 Å². The van der Waals surface area contributed by atoms with Crippen molar-refractivity contribution in [3.8, 4) is 0 Å². The Kier molecular flexibility index (Phi) is 6.91. The first-order valence-corrected chi connectivity index (χ1v) is 12.9. The Bertz CT molecular complexity index is 1160. The summed E-state index contributed by atoms with van der Waals surface area (Å²) in [6.07, 6.45) is 3.87. The van der Waals surface area contributed by atoms with Crippen LogP contribution in [0.15, 0.2) is 72.0 Å². The highest BCUT2D eigenvalue weighted by molar-refractivity contribution is 7.90. The quantitative estimate of drug-likeness (QED) is 0.482. The van der Waals surface area contributed by atoms with Gasteiger partial charge in [-0.2, -0.15) is 0 Å². The van der Waals surface area contributed by atoms with E-state index in [9.17, 15) is 8.42 Å². The largest absolute Gasteiger partial charge is 0.363 e. The molecule has 4 rings (SSSR count). The van der Waals surface area contributed by atoms with Crippen molar-refractivity contribution in [3.63, 3.8) is 0 Å². The number of thiocarbonyl (C=S) groups is 1. The van der Waals surface area contributed by atoms with Crippen molar-refractivity contribution >= 4 is 27.2 Å². The molecule has 0 unspecified atom stereocenters. The number of benzene rings is 2. The van der Waals surface area contributed by atoms with E-state index in [1.807, 2.05) is 72.2 Å². The first kappa shape index (κ1) is 22.5. The highest BCUT2D eigenvalue weighted by Gasteiger charge is 2.32. The first-order chi connectivity index (χ1) is 15.5. The van der Waals surface area contributed by atoms with Crippen LogP contribution in [-0.2, 0) is 28.7 Å². The Hall–Kier alpha value is -2.71. The van der Waals surface area contributed by atoms with E-state index in [1.54, 1.807) is 6.20 Å². The first-order valence-electron chi connectivity index (χ1n) is 10.9. The molecule has 0 aliphatic heterocycles. The van der Waals surface area contributed by atoms with E-state index in [0.717, 1.165) is 36.2 Å². The summed E-state index contributed by atoms with van der Waals surface area (Å²) in [6, 6.07) is 19.5. The van der Waals surface area contributed by atoms with Gasteiger partial charge in [-0.15, -0.1) is 0 Å². The zero-order valence-corrected chi connectivity index (χ0v) is 19.8. The van der Waals surface area contributed by atoms with Crippen LogP contribution < -0.4 is 5.32 Å². The molecule has 0 bridgehead atoms. The lowest BCUT2D eigenvalue weighted by Crippen LogP contribution is -2.41. The molecule has 0 atom stereocenters. The Morgan fingerprint density at radius 3 is 2.31 bits per heavy atom. The molecule has 1 aliphatic carbocycles. The highest BCUT2D eigenvalue weighted by atomic mass is 32.2. The second-order valence-electron chi connectivity index (χ2n) is 8.04. The van der Waals surface area contributed by atoms with Gasteiger partial charge in [-0.25, -0.2) is 13.4 Å². The Morgan fingerprint density at radius 2 is 1.72 bits per heavy atom. The summed E-state index contributed by atoms with van der Waals surface area (Å²) in [7, 11) is -3.63. The minimum absolute atomic E-state index is 0.0821. The van der Waals surface area contributed by atoms with Crippen LogP contribution in [0.4, 0.5) is 0 Å². The average molecular weight is 469 g/mol. The van der Waals surface area contributed by atoms with Crippen LogP contribution in [0.1, 0.15) is 36.6 Å². The molecule has 6 nitrogen and oxygen atoms in total. The number of nitrogens with zero attached hydrogens (tertiary/aromatic N) is 3. The molecule has 0 amide bonds. The third-order valence-electron chi connectivity index (χ3n) is 5.47. The van der Waals surface area contributed by atoms with Gasteiger partial charge in [-0.05, 0) is 43.1 Å². The van der Waals surface area contributed by atoms with Crippen molar-refractivity contribution in [2.45, 2.75) is 49.8 Å². The van der Waals surface area contributed by atoms with Gasteiger partial charge in [-0.3, -0.25) is 0 Å². The Labute approximate surface area is 195 Å². The van der Waals surface area contributed by atoms with Crippen molar-refractivity contribution in [1.82, 2.24) is 19.8 Å². The molecule has 1 aromatic heterocycles. The predicted molar refractivity (Wildman–Crippen MR) is 130 cm³/mol. The topological polar surface area (TPSA) is 67.2 Å². The lowest BCUT2D eigenvalue weighted by molar-refractivity contribution is 0.382. The van der Waals surface area contributed by atoms with Crippen LogP contribution >= 0.6 is 12.2 Å². The summed E-state index contributed by atoms with van der Waals surface area (Å²) < 4.78 is 28.5. The summed E-state index contributed by atoms with van der Waals surface area (Å²) in [5.41, 5.74) is 2.61. The Morgan fingerprint density at radius 1 is 1.09 bits per heavy atom. The maximum Gasteiger partial charge on any atom is 0.228 e. The summed E-state index contributed by atoms with van der Waals surface area (Å²) in [6.45, 7) is 3.73. The van der Waals surface area contributed by atoms with Gasteiger partial charge in [0, 0.05) is 12.6 Å². The summed E-state index contributed by atoms with van der Waals surface area (Å²) in [4.78, 5) is 6.56. The maximum atomic E-state index is 13.4. The van der Waals surface area contributed by atoms with E-state index in [-0.39, 0.29) is 10.9 Å². The van der Waals surface area contributed by atoms with Crippen molar-refractivity contribution < 1.29 is 8.42 Å². The van der Waals surface area contributed by atoms with Crippen molar-refractivity contribution in [2.24, 2.45) is 0 Å². The van der Waals surface area contributed by atoms with Gasteiger partial charge in [0.2, 0.25) is 15.0 Å². The third-order valence-corrected chi connectivity index (χ3v) is 7.45. The summed E-state index contributed by atoms with van der Waals surface area (Å²) >= 11 is 5.60. The maximum absolute atomic E-state index is 13.4.